The number of ether oxygens (including phenoxy) is 2. The molecule has 3 N–H and O–H groups in total. The van der Waals surface area contributed by atoms with E-state index in [4.69, 9.17) is 13.0 Å². The van der Waals surface area contributed by atoms with Crippen LogP contribution in [-0.4, -0.2) is 46.4 Å². The molecule has 9 nitrogen and oxygen atoms in total. The summed E-state index contributed by atoms with van der Waals surface area (Å²) in [6.45, 7) is -2.96. The van der Waals surface area contributed by atoms with E-state index in [1.807, 2.05) is 0 Å². The van der Waals surface area contributed by atoms with Crippen LogP contribution in [0.3, 0.4) is 0 Å². The normalized spacial score (nSPS) is 17.0. The minimum absolute atomic E-state index is 0.122. The zero-order valence-electron chi connectivity index (χ0n) is 25.9. The maximum Gasteiger partial charge on any atom is 0.573 e. The molecule has 1 saturated carbocycles. The van der Waals surface area contributed by atoms with Crippen molar-refractivity contribution in [2.24, 2.45) is 0 Å². The molecule has 12 heteroatoms. The van der Waals surface area contributed by atoms with Crippen LogP contribution < -0.4 is 20.1 Å². The van der Waals surface area contributed by atoms with Crippen LogP contribution in [0.4, 0.5) is 13.2 Å². The maximum absolute atomic E-state index is 13.5. The third-order valence-electron chi connectivity index (χ3n) is 5.92. The van der Waals surface area contributed by atoms with Crippen molar-refractivity contribution in [3.8, 4) is 22.8 Å². The molecule has 0 unspecified atom stereocenters. The second kappa shape index (κ2) is 10.3. The number of nitrogens with one attached hydrogen (secondary N) is 3. The van der Waals surface area contributed by atoms with Crippen molar-refractivity contribution < 1.29 is 40.5 Å². The second-order valence-electron chi connectivity index (χ2n) is 8.79. The lowest BCUT2D eigenvalue weighted by molar-refractivity contribution is -0.274. The number of alkyl halides is 3. The second-order valence-corrected chi connectivity index (χ2v) is 8.79. The summed E-state index contributed by atoms with van der Waals surface area (Å²) in [5.41, 5.74) is 0.721. The lowest BCUT2D eigenvalue weighted by Gasteiger charge is -2.17. The highest BCUT2D eigenvalue weighted by Gasteiger charge is 2.31. The molecule has 4 aromatic rings. The predicted octanol–water partition coefficient (Wildman–Crippen LogP) is 4.92. The van der Waals surface area contributed by atoms with Crippen molar-refractivity contribution in [2.75, 3.05) is 7.04 Å². The number of pyridine rings is 1. The van der Waals surface area contributed by atoms with Gasteiger partial charge in [0.1, 0.15) is 11.3 Å². The topological polar surface area (TPSA) is 118 Å². The van der Waals surface area contributed by atoms with Gasteiger partial charge in [0.15, 0.2) is 5.69 Å². The molecule has 202 valence electrons. The highest BCUT2D eigenvalue weighted by Crippen LogP contribution is 2.30. The van der Waals surface area contributed by atoms with E-state index in [2.05, 4.69) is 30.6 Å². The van der Waals surface area contributed by atoms with E-state index in [1.54, 1.807) is 18.2 Å². The number of hydrogen-bond donors (Lipinski definition) is 3. The third kappa shape index (κ3) is 5.95. The fourth-order valence-electron chi connectivity index (χ4n) is 3.89. The van der Waals surface area contributed by atoms with Crippen LogP contribution in [0.5, 0.6) is 11.6 Å². The van der Waals surface area contributed by atoms with Gasteiger partial charge in [0.2, 0.25) is 5.88 Å². The number of halogens is 3. The summed E-state index contributed by atoms with van der Waals surface area (Å²) in [6.07, 6.45) is -2.02. The van der Waals surface area contributed by atoms with Gasteiger partial charge in [-0.15, -0.1) is 13.2 Å². The summed E-state index contributed by atoms with van der Waals surface area (Å²) < 4.78 is 93.3. The van der Waals surface area contributed by atoms with Crippen molar-refractivity contribution in [1.29, 1.82) is 0 Å². The van der Waals surface area contributed by atoms with Crippen LogP contribution in [0.1, 0.15) is 60.4 Å². The van der Waals surface area contributed by atoms with E-state index in [0.717, 1.165) is 31.0 Å². The quantitative estimate of drug-likeness (QED) is 0.289. The highest BCUT2D eigenvalue weighted by atomic mass is 19.4. The van der Waals surface area contributed by atoms with E-state index in [1.165, 1.54) is 18.3 Å². The third-order valence-corrected chi connectivity index (χ3v) is 5.92. The molecule has 0 radical (unpaired) electrons. The summed E-state index contributed by atoms with van der Waals surface area (Å²) in [4.78, 5) is 30.1. The molecule has 0 spiro atoms. The molecule has 0 saturated heterocycles. The molecule has 1 atom stereocenters. The number of nitrogens with zero attached hydrogens (tertiary/aromatic N) is 2. The number of aromatic nitrogens is 3. The summed E-state index contributed by atoms with van der Waals surface area (Å²) in [5, 5.41) is 12.5. The van der Waals surface area contributed by atoms with Crippen molar-refractivity contribution >= 4 is 22.7 Å². The molecule has 2 aromatic heterocycles. The Hall–Kier alpha value is -4.61. The Bertz CT molecular complexity index is 1760. The Balaban J connectivity index is 1.49. The Morgan fingerprint density at radius 1 is 1.13 bits per heavy atom. The molecule has 39 heavy (non-hydrogen) atoms. The summed E-state index contributed by atoms with van der Waals surface area (Å²) in [6, 6.07) is 8.47. The fraction of sp³-hybridized carbons (Fsp3) is 0.259. The van der Waals surface area contributed by atoms with Crippen molar-refractivity contribution in [3.05, 3.63) is 71.5 Å². The van der Waals surface area contributed by atoms with Gasteiger partial charge in [-0.3, -0.25) is 14.7 Å². The molecule has 1 aliphatic rings. The number of carbonyl (C=O) groups is 2. The maximum atomic E-state index is 13.5. The lowest BCUT2D eigenvalue weighted by Crippen LogP contribution is -2.27. The number of methoxy groups -OCH3 is 1. The van der Waals surface area contributed by atoms with Gasteiger partial charge in [-0.05, 0) is 61.2 Å². The minimum atomic E-state index is -5.05. The van der Waals surface area contributed by atoms with E-state index < -0.39 is 49.4 Å². The van der Waals surface area contributed by atoms with E-state index in [9.17, 15) is 22.8 Å². The van der Waals surface area contributed by atoms with Gasteiger partial charge in [0, 0.05) is 27.3 Å². The SMILES string of the molecule is [2H]C([2H])([2H])Oc1ncc(-c2ccc3c(C(=O)NC4CC4)n[nH]c3c2)cc1C(=O)N[C@@H](c1cccc(OC(F)(F)F)c1)C([2H])([2H])[2H]. The van der Waals surface area contributed by atoms with Gasteiger partial charge in [0.05, 0.1) is 22.7 Å². The van der Waals surface area contributed by atoms with E-state index in [-0.39, 0.29) is 28.8 Å². The predicted molar refractivity (Wildman–Crippen MR) is 135 cm³/mol. The van der Waals surface area contributed by atoms with Crippen LogP contribution in [0.15, 0.2) is 54.7 Å². The van der Waals surface area contributed by atoms with Crippen molar-refractivity contribution in [1.82, 2.24) is 25.8 Å². The van der Waals surface area contributed by atoms with Crippen LogP contribution >= 0.6 is 0 Å². The molecule has 2 amide bonds. The molecular formula is C27H24F3N5O4. The molecule has 2 heterocycles. The van der Waals surface area contributed by atoms with Gasteiger partial charge in [0.25, 0.3) is 11.8 Å². The first-order valence-corrected chi connectivity index (χ1v) is 11.6. The number of carbonyl (C=O) groups excluding carboxylic acids is 2. The molecule has 1 aliphatic carbocycles. The van der Waals surface area contributed by atoms with Gasteiger partial charge in [-0.2, -0.15) is 5.10 Å². The number of rotatable bonds is 8. The zero-order valence-corrected chi connectivity index (χ0v) is 19.9. The summed E-state index contributed by atoms with van der Waals surface area (Å²) >= 11 is 0. The molecule has 2 aromatic carbocycles. The minimum Gasteiger partial charge on any atom is -0.480 e. The van der Waals surface area contributed by atoms with Gasteiger partial charge in [-0.25, -0.2) is 4.98 Å². The molecular weight excluding hydrogens is 515 g/mol. The monoisotopic (exact) mass is 545 g/mol. The highest BCUT2D eigenvalue weighted by molar-refractivity contribution is 6.05. The van der Waals surface area contributed by atoms with E-state index in [0.29, 0.717) is 16.5 Å². The van der Waals surface area contributed by atoms with Crippen LogP contribution in [-0.2, 0) is 0 Å². The first-order chi connectivity index (χ1) is 21.0. The average Bonchev–Trinajstić information content (AvgIpc) is 3.63. The van der Waals surface area contributed by atoms with Crippen LogP contribution in [0.25, 0.3) is 22.0 Å². The molecule has 5 rings (SSSR count). The lowest BCUT2D eigenvalue weighted by atomic mass is 10.0. The first-order valence-electron chi connectivity index (χ1n) is 14.6. The van der Waals surface area contributed by atoms with Gasteiger partial charge < -0.3 is 20.1 Å². The van der Waals surface area contributed by atoms with Crippen molar-refractivity contribution in [3.63, 3.8) is 0 Å². The molecule has 0 bridgehead atoms. The molecule has 1 fully saturated rings. The van der Waals surface area contributed by atoms with Crippen LogP contribution in [0, 0.1) is 0 Å². The number of amides is 2. The number of hydrogen-bond acceptors (Lipinski definition) is 6. The largest absolute Gasteiger partial charge is 0.573 e. The van der Waals surface area contributed by atoms with Crippen LogP contribution in [0.2, 0.25) is 0 Å². The number of fused-ring (bicyclic) bond motifs is 1. The zero-order chi connectivity index (χ0) is 32.7. The average molecular weight is 546 g/mol. The number of benzene rings is 2. The fourth-order valence-corrected chi connectivity index (χ4v) is 3.89. The Labute approximate surface area is 229 Å². The summed E-state index contributed by atoms with van der Waals surface area (Å²) in [5.74, 6) is -2.81. The van der Waals surface area contributed by atoms with E-state index >= 15 is 0 Å². The number of H-pyrrole nitrogens is 1. The van der Waals surface area contributed by atoms with Gasteiger partial charge >= 0.3 is 6.36 Å². The number of aromatic amines is 1. The standard InChI is InChI=1S/C27H24F3N5O4/c1-14(15-4-3-5-19(10-15)39-27(28,29)30)32-24(36)21-11-17(13-31-26(21)38-2)16-6-9-20-22(12-16)34-35-23(20)25(37)33-18-7-8-18/h3-6,9-14,18H,7-8H2,1-2H3,(H,32,36)(H,33,37)(H,34,35)/t14-/m1/s1/i1D3,2D3. The summed E-state index contributed by atoms with van der Waals surface area (Å²) in [7, 11) is -3.04. The Kier molecular flexibility index (Phi) is 5.13. The first kappa shape index (κ1) is 19.5. The molecule has 0 aliphatic heterocycles. The Morgan fingerprint density at radius 3 is 2.72 bits per heavy atom. The van der Waals surface area contributed by atoms with Crippen molar-refractivity contribution in [2.45, 2.75) is 38.1 Å². The van der Waals surface area contributed by atoms with Gasteiger partial charge in [-0.1, -0.05) is 18.2 Å². The smallest absolute Gasteiger partial charge is 0.480 e. The Morgan fingerprint density at radius 2 is 1.97 bits per heavy atom.